The van der Waals surface area contributed by atoms with Gasteiger partial charge in [-0.2, -0.15) is 8.42 Å². The smallest absolute Gasteiger partial charge is 0.313 e. The van der Waals surface area contributed by atoms with Crippen molar-refractivity contribution in [1.82, 2.24) is 0 Å². The summed E-state index contributed by atoms with van der Waals surface area (Å²) in [5, 5.41) is 0. The molecule has 3 rings (SSSR count). The minimum Gasteiger partial charge on any atom is -0.460 e. The van der Waals surface area contributed by atoms with E-state index in [9.17, 15) is 17.6 Å². The maximum atomic E-state index is 13.1. The highest BCUT2D eigenvalue weighted by Gasteiger charge is 2.39. The summed E-state index contributed by atoms with van der Waals surface area (Å²) < 4.78 is 72.2. The normalized spacial score (nSPS) is 22.0. The summed E-state index contributed by atoms with van der Waals surface area (Å²) >= 11 is 0. The van der Waals surface area contributed by atoms with Gasteiger partial charge in [0.1, 0.15) is 11.5 Å². The molecule has 0 radical (unpaired) electrons. The topological polar surface area (TPSA) is 95.7 Å². The lowest BCUT2D eigenvalue weighted by Crippen LogP contribution is -2.16. The van der Waals surface area contributed by atoms with E-state index in [2.05, 4.69) is 0 Å². The number of hydrogen-bond donors (Lipinski definition) is 1. The Morgan fingerprint density at radius 1 is 1.19 bits per heavy atom. The molecule has 0 aliphatic carbocycles. The van der Waals surface area contributed by atoms with Gasteiger partial charge in [0.15, 0.2) is 6.08 Å². The van der Waals surface area contributed by atoms with Gasteiger partial charge in [-0.3, -0.25) is 4.79 Å². The average Bonchev–Trinajstić information content (AvgIpc) is 2.92. The van der Waals surface area contributed by atoms with Gasteiger partial charge in [-0.1, -0.05) is 43.3 Å². The van der Waals surface area contributed by atoms with Crippen LogP contribution in [-0.2, 0) is 36.0 Å². The Kier molecular flexibility index (Phi) is 4.17. The van der Waals surface area contributed by atoms with Crippen molar-refractivity contribution in [2.24, 2.45) is 5.73 Å². The van der Waals surface area contributed by atoms with E-state index in [1.54, 1.807) is 12.1 Å². The Morgan fingerprint density at radius 2 is 1.78 bits per heavy atom. The molecule has 0 saturated heterocycles. The van der Waals surface area contributed by atoms with Crippen molar-refractivity contribution in [3.63, 3.8) is 0 Å². The summed E-state index contributed by atoms with van der Waals surface area (Å²) in [7, 11) is -5.13. The average molecular weight is 394 g/mol. The third-order valence-corrected chi connectivity index (χ3v) is 4.62. The summed E-state index contributed by atoms with van der Waals surface area (Å²) in [6.45, 7) is 1.92. The molecule has 2 N–H and O–H groups in total. The summed E-state index contributed by atoms with van der Waals surface area (Å²) in [6, 6.07) is 9.96. The predicted octanol–water partition coefficient (Wildman–Crippen LogP) is 2.70. The Balaban J connectivity index is 1.91. The molecule has 6 nitrogen and oxygen atoms in total. The van der Waals surface area contributed by atoms with Crippen molar-refractivity contribution in [1.29, 1.82) is 0 Å². The van der Waals surface area contributed by atoms with E-state index in [1.165, 1.54) is 12.1 Å². The highest BCUT2D eigenvalue weighted by Crippen LogP contribution is 2.32. The first-order chi connectivity index (χ1) is 13.9. The van der Waals surface area contributed by atoms with Crippen LogP contribution >= 0.6 is 0 Å². The number of rotatable bonds is 6. The molecule has 0 amide bonds. The van der Waals surface area contributed by atoms with Gasteiger partial charge in [0.25, 0.3) is 0 Å². The number of aryl methyl sites for hydroxylation is 1. The molecule has 1 heterocycles. The van der Waals surface area contributed by atoms with E-state index in [0.717, 1.165) is 36.2 Å². The molecule has 1 aliphatic heterocycles. The van der Waals surface area contributed by atoms with E-state index in [4.69, 9.17) is 18.8 Å². The van der Waals surface area contributed by atoms with Gasteiger partial charge in [0.2, 0.25) is 17.4 Å². The van der Waals surface area contributed by atoms with Crippen LogP contribution in [0.25, 0.3) is 0 Å². The van der Waals surface area contributed by atoms with Crippen LogP contribution in [0.5, 0.6) is 0 Å². The fraction of sp³-hybridized carbons (Fsp3) is 0.211. The monoisotopic (exact) mass is 394 g/mol. The first kappa shape index (κ1) is 15.2. The zero-order valence-corrected chi connectivity index (χ0v) is 15.0. The zero-order valence-electron chi connectivity index (χ0n) is 17.2. The molecular weight excluding hydrogens is 373 g/mol. The van der Waals surface area contributed by atoms with Crippen LogP contribution in [0.2, 0.25) is 0 Å². The number of ketones is 1. The number of benzene rings is 2. The predicted molar refractivity (Wildman–Crippen MR) is 96.0 cm³/mol. The number of ether oxygens (including phenoxy) is 1. The fourth-order valence-corrected chi connectivity index (χ4v) is 3.21. The minimum atomic E-state index is -5.13. The molecule has 2 aromatic rings. The van der Waals surface area contributed by atoms with E-state index >= 15 is 0 Å². The lowest BCUT2D eigenvalue weighted by molar-refractivity contribution is -0.123. The van der Waals surface area contributed by atoms with Gasteiger partial charge in [0, 0.05) is 5.56 Å². The van der Waals surface area contributed by atoms with Gasteiger partial charge >= 0.3 is 10.1 Å². The molecule has 0 bridgehead atoms. The molecule has 0 saturated carbocycles. The molecule has 27 heavy (non-hydrogen) atoms. The molecule has 1 unspecified atom stereocenters. The molecule has 2 aromatic carbocycles. The summed E-state index contributed by atoms with van der Waals surface area (Å²) in [4.78, 5) is 12.8. The number of carbonyl (C=O) groups is 1. The first-order valence-corrected chi connectivity index (χ1v) is 9.36. The lowest BCUT2D eigenvalue weighted by Gasteiger charge is -2.10. The van der Waals surface area contributed by atoms with Crippen LogP contribution in [0.15, 0.2) is 60.2 Å². The molecule has 0 fully saturated rings. The highest BCUT2D eigenvalue weighted by atomic mass is 32.2. The Bertz CT molecular complexity index is 1120. The van der Waals surface area contributed by atoms with E-state index < -0.39 is 50.7 Å². The lowest BCUT2D eigenvalue weighted by atomic mass is 10.0. The molecule has 1 aliphatic rings. The largest absolute Gasteiger partial charge is 0.460 e. The summed E-state index contributed by atoms with van der Waals surface area (Å²) in [5.74, 6) is -3.63. The molecular formula is C19H18FNO5S. The van der Waals surface area contributed by atoms with Crippen molar-refractivity contribution < 1.29 is 30.6 Å². The Morgan fingerprint density at radius 3 is 2.37 bits per heavy atom. The molecule has 0 spiro atoms. The Labute approximate surface area is 160 Å². The second-order valence-corrected chi connectivity index (χ2v) is 6.93. The number of Topliss-reactive ketones (excluding diaryl/α,β-unsaturated/α-hetero) is 1. The zero-order chi connectivity index (χ0) is 22.3. The van der Waals surface area contributed by atoms with Crippen molar-refractivity contribution in [3.8, 4) is 0 Å². The van der Waals surface area contributed by atoms with Crippen LogP contribution in [-0.4, -0.2) is 14.2 Å². The van der Waals surface area contributed by atoms with Crippen molar-refractivity contribution in [3.05, 3.63) is 82.7 Å². The maximum absolute atomic E-state index is 13.1. The number of hydrogen-bond acceptors (Lipinski definition) is 6. The number of nitrogens with two attached hydrogens (primary N) is 1. The molecule has 8 heteroatoms. The molecule has 142 valence electrons. The van der Waals surface area contributed by atoms with E-state index in [1.807, 2.05) is 6.92 Å². The fourth-order valence-electron chi connectivity index (χ4n) is 2.37. The third-order valence-electron chi connectivity index (χ3n) is 3.75. The Hall–Kier alpha value is -2.87. The summed E-state index contributed by atoms with van der Waals surface area (Å²) in [5.41, 5.74) is 3.10. The highest BCUT2D eigenvalue weighted by molar-refractivity contribution is 7.86. The number of carbonyl (C=O) groups excluding carboxylic acids is 1. The van der Waals surface area contributed by atoms with E-state index in [0.29, 0.717) is 0 Å². The van der Waals surface area contributed by atoms with Crippen molar-refractivity contribution in [2.75, 3.05) is 0 Å². The van der Waals surface area contributed by atoms with Crippen LogP contribution in [0, 0.1) is 5.82 Å². The van der Waals surface area contributed by atoms with E-state index in [-0.39, 0.29) is 5.56 Å². The summed E-state index contributed by atoms with van der Waals surface area (Å²) in [6.07, 6.45) is -1.64. The van der Waals surface area contributed by atoms with Crippen molar-refractivity contribution in [2.45, 2.75) is 25.1 Å². The van der Waals surface area contributed by atoms with Gasteiger partial charge in [0.05, 0.1) is 4.11 Å². The maximum Gasteiger partial charge on any atom is 0.313 e. The van der Waals surface area contributed by atoms with Gasteiger partial charge in [-0.15, -0.1) is 0 Å². The van der Waals surface area contributed by atoms with Crippen molar-refractivity contribution >= 4 is 15.9 Å². The van der Waals surface area contributed by atoms with Gasteiger partial charge in [-0.25, -0.2) is 4.39 Å². The van der Waals surface area contributed by atoms with Crippen LogP contribution in [0.3, 0.4) is 0 Å². The number of halogens is 1. The third kappa shape index (κ3) is 4.28. The molecule has 0 aromatic heterocycles. The SMILES string of the molecule is [2H]C1(c2ccc(CC)cc2)OC(N)=C(OS(=O)(=O)C([2H])([2H])c2ccc(F)cc2)C1=O. The van der Waals surface area contributed by atoms with Crippen LogP contribution in [0.1, 0.15) is 33.8 Å². The quantitative estimate of drug-likeness (QED) is 0.757. The standard InChI is InChI=1S/C19H18FNO5S/c1-2-12-3-7-14(8-4-12)17-16(22)18(19(21)25-17)26-27(23,24)11-13-5-9-15(20)10-6-13/h3-10,17H,2,11,21H2,1H3/i11D2,17D. The second-order valence-electron chi connectivity index (χ2n) is 5.65. The van der Waals surface area contributed by atoms with Gasteiger partial charge < -0.3 is 14.7 Å². The van der Waals surface area contributed by atoms with Crippen LogP contribution < -0.4 is 5.73 Å². The molecule has 1 atom stereocenters. The van der Waals surface area contributed by atoms with Gasteiger partial charge in [-0.05, 0) is 29.7 Å². The second kappa shape index (κ2) is 7.40. The first-order valence-electron chi connectivity index (χ1n) is 9.45. The van der Waals surface area contributed by atoms with Crippen LogP contribution in [0.4, 0.5) is 4.39 Å². The minimum absolute atomic E-state index is 0.102.